The lowest BCUT2D eigenvalue weighted by molar-refractivity contribution is -0.117. The minimum absolute atomic E-state index is 0. The third-order valence-corrected chi connectivity index (χ3v) is 5.23. The van der Waals surface area contributed by atoms with Gasteiger partial charge in [0.25, 0.3) is 0 Å². The van der Waals surface area contributed by atoms with Crippen LogP contribution < -0.4 is 20.5 Å². The molecule has 2 aliphatic carbocycles. The standard InChI is InChI=1S/C17H22N2O3.ClH/c18-13-7-15-16(22-9-21-15)8-14(13)19-17(20)12-6-11(12)10-4-2-1-3-5-10;/h7-8,10-12H,1-6,9,18H2,(H,19,20);1H. The Balaban J connectivity index is 0.00000156. The Kier molecular flexibility index (Phi) is 4.57. The van der Waals surface area contributed by atoms with Crippen LogP contribution in [-0.2, 0) is 4.79 Å². The highest BCUT2D eigenvalue weighted by Gasteiger charge is 2.47. The summed E-state index contributed by atoms with van der Waals surface area (Å²) in [6, 6.07) is 3.47. The van der Waals surface area contributed by atoms with Crippen LogP contribution in [0.4, 0.5) is 11.4 Å². The number of ether oxygens (including phenoxy) is 2. The number of halogens is 1. The topological polar surface area (TPSA) is 73.6 Å². The molecule has 23 heavy (non-hydrogen) atoms. The van der Waals surface area contributed by atoms with Gasteiger partial charge >= 0.3 is 0 Å². The van der Waals surface area contributed by atoms with Gasteiger partial charge in [-0.05, 0) is 18.3 Å². The summed E-state index contributed by atoms with van der Waals surface area (Å²) in [4.78, 5) is 12.4. The third-order valence-electron chi connectivity index (χ3n) is 5.23. The fourth-order valence-electron chi connectivity index (χ4n) is 3.89. The highest BCUT2D eigenvalue weighted by atomic mass is 35.5. The van der Waals surface area contributed by atoms with Gasteiger partial charge in [0.2, 0.25) is 12.7 Å². The number of benzene rings is 1. The molecule has 1 aliphatic heterocycles. The maximum Gasteiger partial charge on any atom is 0.231 e. The molecule has 3 N–H and O–H groups in total. The van der Waals surface area contributed by atoms with Gasteiger partial charge in [0.05, 0.1) is 11.4 Å². The van der Waals surface area contributed by atoms with E-state index >= 15 is 0 Å². The molecule has 6 heteroatoms. The van der Waals surface area contributed by atoms with E-state index in [9.17, 15) is 4.79 Å². The van der Waals surface area contributed by atoms with E-state index in [0.717, 1.165) is 12.3 Å². The van der Waals surface area contributed by atoms with E-state index in [2.05, 4.69) is 5.32 Å². The van der Waals surface area contributed by atoms with Crippen LogP contribution >= 0.6 is 12.4 Å². The maximum absolute atomic E-state index is 12.4. The van der Waals surface area contributed by atoms with Gasteiger partial charge in [0.15, 0.2) is 11.5 Å². The van der Waals surface area contributed by atoms with Crippen molar-refractivity contribution in [1.82, 2.24) is 0 Å². The van der Waals surface area contributed by atoms with E-state index in [1.165, 1.54) is 32.1 Å². The first-order chi connectivity index (χ1) is 10.7. The van der Waals surface area contributed by atoms with Crippen molar-refractivity contribution in [2.45, 2.75) is 38.5 Å². The second-order valence-electron chi connectivity index (χ2n) is 6.69. The van der Waals surface area contributed by atoms with Crippen LogP contribution in [0.15, 0.2) is 12.1 Å². The number of hydrogen-bond donors (Lipinski definition) is 2. The van der Waals surface area contributed by atoms with E-state index in [0.29, 0.717) is 28.8 Å². The van der Waals surface area contributed by atoms with Crippen molar-refractivity contribution in [2.75, 3.05) is 17.8 Å². The number of carbonyl (C=O) groups is 1. The van der Waals surface area contributed by atoms with Crippen LogP contribution in [-0.4, -0.2) is 12.7 Å². The number of rotatable bonds is 3. The Morgan fingerprint density at radius 3 is 2.57 bits per heavy atom. The van der Waals surface area contributed by atoms with Crippen LogP contribution in [0.5, 0.6) is 11.5 Å². The van der Waals surface area contributed by atoms with Crippen LogP contribution in [0.25, 0.3) is 0 Å². The molecule has 2 unspecified atom stereocenters. The van der Waals surface area contributed by atoms with Gasteiger partial charge in [-0.3, -0.25) is 4.79 Å². The van der Waals surface area contributed by atoms with Gasteiger partial charge in [-0.25, -0.2) is 0 Å². The lowest BCUT2D eigenvalue weighted by Gasteiger charge is -2.21. The van der Waals surface area contributed by atoms with E-state index in [-0.39, 0.29) is 31.0 Å². The molecule has 1 amide bonds. The van der Waals surface area contributed by atoms with Crippen molar-refractivity contribution in [1.29, 1.82) is 0 Å². The Hall–Kier alpha value is -1.62. The molecular weight excluding hydrogens is 316 g/mol. The predicted octanol–water partition coefficient (Wildman–Crippen LogP) is 3.57. The Morgan fingerprint density at radius 2 is 1.83 bits per heavy atom. The van der Waals surface area contributed by atoms with E-state index < -0.39 is 0 Å². The van der Waals surface area contributed by atoms with Crippen LogP contribution in [0.3, 0.4) is 0 Å². The molecule has 5 nitrogen and oxygen atoms in total. The van der Waals surface area contributed by atoms with E-state index in [4.69, 9.17) is 15.2 Å². The minimum Gasteiger partial charge on any atom is -0.454 e. The van der Waals surface area contributed by atoms with Gasteiger partial charge in [0, 0.05) is 18.1 Å². The average molecular weight is 339 g/mol. The summed E-state index contributed by atoms with van der Waals surface area (Å²) in [5.74, 6) is 2.87. The quantitative estimate of drug-likeness (QED) is 0.826. The van der Waals surface area contributed by atoms with Crippen molar-refractivity contribution in [2.24, 2.45) is 17.8 Å². The monoisotopic (exact) mass is 338 g/mol. The molecule has 0 bridgehead atoms. The second kappa shape index (κ2) is 6.48. The summed E-state index contributed by atoms with van der Waals surface area (Å²) >= 11 is 0. The molecule has 2 fully saturated rings. The van der Waals surface area contributed by atoms with Crippen molar-refractivity contribution >= 4 is 29.7 Å². The van der Waals surface area contributed by atoms with Gasteiger partial charge < -0.3 is 20.5 Å². The van der Waals surface area contributed by atoms with Crippen LogP contribution in [0.2, 0.25) is 0 Å². The minimum atomic E-state index is 0. The number of amides is 1. The lowest BCUT2D eigenvalue weighted by Crippen LogP contribution is -2.18. The lowest BCUT2D eigenvalue weighted by atomic mass is 9.85. The molecular formula is C17H23ClN2O3. The molecule has 0 saturated heterocycles. The summed E-state index contributed by atoms with van der Waals surface area (Å²) in [5.41, 5.74) is 7.14. The summed E-state index contributed by atoms with van der Waals surface area (Å²) in [6.07, 6.45) is 7.62. The Labute approximate surface area is 142 Å². The molecule has 1 aromatic carbocycles. The molecule has 2 atom stereocenters. The first-order valence-corrected chi connectivity index (χ1v) is 8.22. The van der Waals surface area contributed by atoms with Gasteiger partial charge in [-0.1, -0.05) is 32.1 Å². The normalized spacial score (nSPS) is 25.6. The van der Waals surface area contributed by atoms with Crippen LogP contribution in [0, 0.1) is 17.8 Å². The first-order valence-electron chi connectivity index (χ1n) is 8.22. The molecule has 1 aromatic rings. The zero-order valence-corrected chi connectivity index (χ0v) is 13.9. The number of nitrogens with two attached hydrogens (primary N) is 1. The zero-order valence-electron chi connectivity index (χ0n) is 13.0. The van der Waals surface area contributed by atoms with Gasteiger partial charge in [-0.2, -0.15) is 0 Å². The summed E-state index contributed by atoms with van der Waals surface area (Å²) in [5, 5.41) is 2.97. The summed E-state index contributed by atoms with van der Waals surface area (Å²) in [7, 11) is 0. The largest absolute Gasteiger partial charge is 0.454 e. The van der Waals surface area contributed by atoms with Crippen LogP contribution in [0.1, 0.15) is 38.5 Å². The zero-order chi connectivity index (χ0) is 15.1. The third kappa shape index (κ3) is 3.20. The number of anilines is 2. The van der Waals surface area contributed by atoms with Crippen molar-refractivity contribution in [3.05, 3.63) is 12.1 Å². The molecule has 0 radical (unpaired) electrons. The van der Waals surface area contributed by atoms with Crippen molar-refractivity contribution in [3.8, 4) is 11.5 Å². The number of fused-ring (bicyclic) bond motifs is 1. The highest BCUT2D eigenvalue weighted by Crippen LogP contribution is 2.50. The smallest absolute Gasteiger partial charge is 0.231 e. The number of hydrogen-bond acceptors (Lipinski definition) is 4. The maximum atomic E-state index is 12.4. The molecule has 3 aliphatic rings. The highest BCUT2D eigenvalue weighted by molar-refractivity contribution is 5.97. The van der Waals surface area contributed by atoms with E-state index in [1.807, 2.05) is 0 Å². The van der Waals surface area contributed by atoms with E-state index in [1.54, 1.807) is 12.1 Å². The molecule has 0 aromatic heterocycles. The van der Waals surface area contributed by atoms with Crippen molar-refractivity contribution in [3.63, 3.8) is 0 Å². The van der Waals surface area contributed by atoms with Crippen molar-refractivity contribution < 1.29 is 14.3 Å². The predicted molar refractivity (Wildman–Crippen MR) is 91.0 cm³/mol. The molecule has 4 rings (SSSR count). The first kappa shape index (κ1) is 16.2. The second-order valence-corrected chi connectivity index (χ2v) is 6.69. The fraction of sp³-hybridized carbons (Fsp3) is 0.588. The molecule has 2 saturated carbocycles. The van der Waals surface area contributed by atoms with Gasteiger partial charge in [-0.15, -0.1) is 12.4 Å². The Bertz CT molecular complexity index is 602. The number of carbonyl (C=O) groups excluding carboxylic acids is 1. The van der Waals surface area contributed by atoms with Gasteiger partial charge in [0.1, 0.15) is 0 Å². The Morgan fingerprint density at radius 1 is 1.13 bits per heavy atom. The fourth-order valence-corrected chi connectivity index (χ4v) is 3.89. The summed E-state index contributed by atoms with van der Waals surface area (Å²) in [6.45, 7) is 0.207. The summed E-state index contributed by atoms with van der Waals surface area (Å²) < 4.78 is 10.6. The number of nitrogens with one attached hydrogen (secondary N) is 1. The number of nitrogen functional groups attached to an aromatic ring is 1. The SMILES string of the molecule is Cl.Nc1cc2c(cc1NC(=O)C1CC1C1CCCCC1)OCO2. The molecule has 1 heterocycles. The molecule has 126 valence electrons. The molecule has 0 spiro atoms. The average Bonchev–Trinajstić information content (AvgIpc) is 3.22.